The fourth-order valence-electron chi connectivity index (χ4n) is 2.32. The number of carbonyl (C=O) groups excluding carboxylic acids is 2. The van der Waals surface area contributed by atoms with E-state index in [2.05, 4.69) is 39.2 Å². The van der Waals surface area contributed by atoms with Gasteiger partial charge >= 0.3 is 6.09 Å². The van der Waals surface area contributed by atoms with Gasteiger partial charge in [-0.3, -0.25) is 9.69 Å². The van der Waals surface area contributed by atoms with Gasteiger partial charge in [-0.05, 0) is 44.8 Å². The van der Waals surface area contributed by atoms with E-state index in [-0.39, 0.29) is 22.4 Å². The molecule has 0 fully saturated rings. The molecule has 1 unspecified atom stereocenters. The summed E-state index contributed by atoms with van der Waals surface area (Å²) in [5.41, 5.74) is -0.371. The van der Waals surface area contributed by atoms with Crippen LogP contribution in [0, 0.1) is 5.92 Å². The van der Waals surface area contributed by atoms with Crippen LogP contribution in [0.15, 0.2) is 0 Å². The van der Waals surface area contributed by atoms with E-state index < -0.39 is 20.5 Å². The average Bonchev–Trinajstić information content (AvgIpc) is 2.41. The molecule has 6 nitrogen and oxygen atoms in total. The minimum atomic E-state index is -1.92. The van der Waals surface area contributed by atoms with E-state index in [9.17, 15) is 9.59 Å². The minimum absolute atomic E-state index is 0.0516. The number of nitrogens with zero attached hydrogens (tertiary/aromatic N) is 1. The van der Waals surface area contributed by atoms with Gasteiger partial charge in [0.2, 0.25) is 5.91 Å². The van der Waals surface area contributed by atoms with Crippen molar-refractivity contribution in [1.82, 2.24) is 10.2 Å². The lowest BCUT2D eigenvalue weighted by Crippen LogP contribution is -2.57. The molecule has 0 bridgehead atoms. The zero-order valence-corrected chi connectivity index (χ0v) is 19.6. The first-order valence-corrected chi connectivity index (χ1v) is 12.2. The second-order valence-electron chi connectivity index (χ2n) is 9.70. The zero-order chi connectivity index (χ0) is 20.9. The predicted molar refractivity (Wildman–Crippen MR) is 109 cm³/mol. The summed E-state index contributed by atoms with van der Waals surface area (Å²) >= 11 is 0. The Morgan fingerprint density at radius 1 is 1.08 bits per heavy atom. The maximum atomic E-state index is 12.8. The number of nitrogens with one attached hydrogen (secondary N) is 1. The van der Waals surface area contributed by atoms with Crippen molar-refractivity contribution in [3.8, 4) is 0 Å². The van der Waals surface area contributed by atoms with E-state index in [1.54, 1.807) is 0 Å². The Morgan fingerprint density at radius 3 is 1.92 bits per heavy atom. The summed E-state index contributed by atoms with van der Waals surface area (Å²) in [5, 5.41) is 3.06. The second-order valence-corrected chi connectivity index (χ2v) is 14.5. The van der Waals surface area contributed by atoms with E-state index in [1.807, 2.05) is 34.6 Å². The van der Waals surface area contributed by atoms with Gasteiger partial charge in [-0.25, -0.2) is 4.79 Å². The SMILES string of the molecule is COC(=O)N(CCO[Si](C)(C)C(C)(C)C)C(C(=O)NC(C)(C)C)C(C)C. The van der Waals surface area contributed by atoms with Crippen molar-refractivity contribution in [3.63, 3.8) is 0 Å². The lowest BCUT2D eigenvalue weighted by atomic mass is 9.99. The van der Waals surface area contributed by atoms with Gasteiger partial charge in [0.15, 0.2) is 8.32 Å². The van der Waals surface area contributed by atoms with Crippen molar-refractivity contribution in [2.24, 2.45) is 5.92 Å². The quantitative estimate of drug-likeness (QED) is 0.669. The van der Waals surface area contributed by atoms with Crippen molar-refractivity contribution in [1.29, 1.82) is 0 Å². The van der Waals surface area contributed by atoms with Crippen molar-refractivity contribution < 1.29 is 18.8 Å². The van der Waals surface area contributed by atoms with Crippen LogP contribution in [0.2, 0.25) is 18.1 Å². The van der Waals surface area contributed by atoms with Gasteiger partial charge < -0.3 is 14.5 Å². The average molecular weight is 389 g/mol. The summed E-state index contributed by atoms with van der Waals surface area (Å²) in [5.74, 6) is -0.227. The molecule has 0 aliphatic carbocycles. The van der Waals surface area contributed by atoms with Crippen molar-refractivity contribution in [3.05, 3.63) is 0 Å². The number of hydrogen-bond donors (Lipinski definition) is 1. The van der Waals surface area contributed by atoms with Crippen LogP contribution in [-0.4, -0.2) is 57.1 Å². The lowest BCUT2D eigenvalue weighted by molar-refractivity contribution is -0.129. The molecule has 1 N–H and O–H groups in total. The van der Waals surface area contributed by atoms with E-state index in [0.717, 1.165) is 0 Å². The molecule has 0 aliphatic rings. The third-order valence-electron chi connectivity index (χ3n) is 4.74. The first-order valence-electron chi connectivity index (χ1n) is 9.34. The van der Waals surface area contributed by atoms with Crippen molar-refractivity contribution in [2.45, 2.75) is 85.1 Å². The van der Waals surface area contributed by atoms with Gasteiger partial charge in [0.05, 0.1) is 13.7 Å². The monoisotopic (exact) mass is 388 g/mol. The van der Waals surface area contributed by atoms with Crippen LogP contribution in [0.25, 0.3) is 0 Å². The zero-order valence-electron chi connectivity index (χ0n) is 18.6. The Bertz CT molecular complexity index is 479. The first kappa shape index (κ1) is 24.9. The molecule has 26 heavy (non-hydrogen) atoms. The van der Waals surface area contributed by atoms with E-state index in [0.29, 0.717) is 13.2 Å². The Hall–Kier alpha value is -1.08. The Kier molecular flexibility index (Phi) is 8.83. The highest BCUT2D eigenvalue weighted by Crippen LogP contribution is 2.36. The summed E-state index contributed by atoms with van der Waals surface area (Å²) in [7, 11) is -0.587. The van der Waals surface area contributed by atoms with E-state index in [1.165, 1.54) is 12.0 Å². The van der Waals surface area contributed by atoms with Gasteiger partial charge in [-0.2, -0.15) is 0 Å². The minimum Gasteiger partial charge on any atom is -0.453 e. The molecule has 154 valence electrons. The number of ether oxygens (including phenoxy) is 1. The highest BCUT2D eigenvalue weighted by molar-refractivity contribution is 6.74. The summed E-state index contributed by atoms with van der Waals surface area (Å²) in [6.45, 7) is 21.2. The van der Waals surface area contributed by atoms with Crippen LogP contribution >= 0.6 is 0 Å². The maximum Gasteiger partial charge on any atom is 0.410 e. The molecule has 0 spiro atoms. The van der Waals surface area contributed by atoms with E-state index in [4.69, 9.17) is 9.16 Å². The molecule has 0 saturated heterocycles. The van der Waals surface area contributed by atoms with Crippen LogP contribution in [0.3, 0.4) is 0 Å². The molecule has 0 aliphatic heterocycles. The standard InChI is InChI=1S/C19H40N2O4Si/c1-14(2)15(16(22)20-18(3,4)5)21(17(23)24-9)12-13-25-26(10,11)19(6,7)8/h14-15H,12-13H2,1-11H3,(H,20,22). The van der Waals surface area contributed by atoms with Crippen LogP contribution in [0.1, 0.15) is 55.4 Å². The molecule has 0 heterocycles. The summed E-state index contributed by atoms with van der Waals surface area (Å²) < 4.78 is 11.1. The number of methoxy groups -OCH3 is 1. The summed E-state index contributed by atoms with van der Waals surface area (Å²) in [6.07, 6.45) is -0.508. The van der Waals surface area contributed by atoms with Crippen molar-refractivity contribution >= 4 is 20.3 Å². The molecule has 2 amide bonds. The van der Waals surface area contributed by atoms with Gasteiger partial charge in [0.25, 0.3) is 0 Å². The van der Waals surface area contributed by atoms with Gasteiger partial charge in [-0.1, -0.05) is 34.6 Å². The Morgan fingerprint density at radius 2 is 1.58 bits per heavy atom. The molecule has 0 aromatic heterocycles. The van der Waals surface area contributed by atoms with Crippen LogP contribution in [-0.2, 0) is 14.0 Å². The van der Waals surface area contributed by atoms with Gasteiger partial charge in [0, 0.05) is 12.1 Å². The molecule has 0 radical (unpaired) electrons. The topological polar surface area (TPSA) is 67.9 Å². The maximum absolute atomic E-state index is 12.8. The summed E-state index contributed by atoms with van der Waals surface area (Å²) in [6, 6.07) is -0.607. The normalized spacial score (nSPS) is 14.2. The second kappa shape index (κ2) is 9.22. The Balaban J connectivity index is 5.32. The van der Waals surface area contributed by atoms with Gasteiger partial charge in [-0.15, -0.1) is 0 Å². The van der Waals surface area contributed by atoms with Gasteiger partial charge in [0.1, 0.15) is 6.04 Å². The third kappa shape index (κ3) is 7.66. The molecular weight excluding hydrogens is 348 g/mol. The fourth-order valence-corrected chi connectivity index (χ4v) is 3.36. The number of carbonyl (C=O) groups is 2. The summed E-state index contributed by atoms with van der Waals surface area (Å²) in [4.78, 5) is 26.6. The lowest BCUT2D eigenvalue weighted by Gasteiger charge is -2.38. The van der Waals surface area contributed by atoms with Crippen LogP contribution < -0.4 is 5.32 Å². The molecule has 0 saturated carbocycles. The van der Waals surface area contributed by atoms with E-state index >= 15 is 0 Å². The third-order valence-corrected chi connectivity index (χ3v) is 9.28. The molecule has 7 heteroatoms. The number of amides is 2. The largest absolute Gasteiger partial charge is 0.453 e. The van der Waals surface area contributed by atoms with Crippen molar-refractivity contribution in [2.75, 3.05) is 20.3 Å². The predicted octanol–water partition coefficient (Wildman–Crippen LogP) is 4.02. The molecule has 1 atom stereocenters. The first-order chi connectivity index (χ1) is 11.5. The highest BCUT2D eigenvalue weighted by Gasteiger charge is 2.38. The van der Waals surface area contributed by atoms with Crippen LogP contribution in [0.5, 0.6) is 0 Å². The molecule has 0 aromatic carbocycles. The Labute approximate surface area is 161 Å². The molecule has 0 rings (SSSR count). The number of hydrogen-bond acceptors (Lipinski definition) is 4. The molecule has 0 aromatic rings. The number of rotatable bonds is 7. The highest BCUT2D eigenvalue weighted by atomic mass is 28.4. The fraction of sp³-hybridized carbons (Fsp3) is 0.895. The smallest absolute Gasteiger partial charge is 0.410 e. The molecular formula is C19H40N2O4Si. The van der Waals surface area contributed by atoms with Crippen LogP contribution in [0.4, 0.5) is 4.79 Å².